The summed E-state index contributed by atoms with van der Waals surface area (Å²) >= 11 is 0. The Morgan fingerprint density at radius 3 is 2.54 bits per heavy atom. The highest BCUT2D eigenvalue weighted by atomic mass is 19.4. The SMILES string of the molecule is Cc1nn(CC(F)(F)F)cc1CN. The molecule has 0 amide bonds. The van der Waals surface area contributed by atoms with Crippen LogP contribution in [0.1, 0.15) is 11.3 Å². The van der Waals surface area contributed by atoms with Crippen molar-refractivity contribution >= 4 is 0 Å². The van der Waals surface area contributed by atoms with Crippen molar-refractivity contribution in [3.63, 3.8) is 0 Å². The first-order chi connectivity index (χ1) is 5.92. The van der Waals surface area contributed by atoms with Crippen LogP contribution >= 0.6 is 0 Å². The number of rotatable bonds is 2. The summed E-state index contributed by atoms with van der Waals surface area (Å²) in [7, 11) is 0. The van der Waals surface area contributed by atoms with Crippen molar-refractivity contribution in [1.29, 1.82) is 0 Å². The second-order valence-electron chi connectivity index (χ2n) is 2.76. The minimum Gasteiger partial charge on any atom is -0.326 e. The van der Waals surface area contributed by atoms with E-state index in [4.69, 9.17) is 5.73 Å². The Kier molecular flexibility index (Phi) is 2.60. The van der Waals surface area contributed by atoms with Gasteiger partial charge >= 0.3 is 6.18 Å². The van der Waals surface area contributed by atoms with Gasteiger partial charge in [-0.2, -0.15) is 18.3 Å². The summed E-state index contributed by atoms with van der Waals surface area (Å²) in [5, 5.41) is 3.68. The normalized spacial score (nSPS) is 12.1. The first-order valence-corrected chi connectivity index (χ1v) is 3.72. The van der Waals surface area contributed by atoms with Crippen LogP contribution in [0.15, 0.2) is 6.20 Å². The summed E-state index contributed by atoms with van der Waals surface area (Å²) in [6.45, 7) is 0.784. The minimum absolute atomic E-state index is 0.212. The van der Waals surface area contributed by atoms with Gasteiger partial charge in [-0.1, -0.05) is 0 Å². The molecule has 0 spiro atoms. The molecule has 1 rings (SSSR count). The van der Waals surface area contributed by atoms with Gasteiger partial charge in [-0.15, -0.1) is 0 Å². The lowest BCUT2D eigenvalue weighted by Crippen LogP contribution is -2.18. The van der Waals surface area contributed by atoms with E-state index >= 15 is 0 Å². The topological polar surface area (TPSA) is 43.8 Å². The maximum atomic E-state index is 11.9. The molecule has 1 aromatic rings. The molecule has 0 unspecified atom stereocenters. The summed E-state index contributed by atoms with van der Waals surface area (Å²) in [6.07, 6.45) is -2.91. The molecule has 1 heterocycles. The Hall–Kier alpha value is -1.04. The van der Waals surface area contributed by atoms with E-state index in [1.54, 1.807) is 6.92 Å². The average molecular weight is 193 g/mol. The zero-order valence-electron chi connectivity index (χ0n) is 7.10. The molecule has 0 saturated heterocycles. The fourth-order valence-electron chi connectivity index (χ4n) is 1.02. The largest absolute Gasteiger partial charge is 0.408 e. The lowest BCUT2D eigenvalue weighted by atomic mass is 10.3. The van der Waals surface area contributed by atoms with E-state index in [-0.39, 0.29) is 6.54 Å². The molecule has 0 aromatic carbocycles. The molecule has 0 bridgehead atoms. The molecular weight excluding hydrogens is 183 g/mol. The van der Waals surface area contributed by atoms with Crippen LogP contribution in [0.2, 0.25) is 0 Å². The third kappa shape index (κ3) is 2.73. The van der Waals surface area contributed by atoms with E-state index in [0.29, 0.717) is 11.3 Å². The number of aryl methyl sites for hydroxylation is 1. The van der Waals surface area contributed by atoms with E-state index in [0.717, 1.165) is 4.68 Å². The molecule has 0 fully saturated rings. The van der Waals surface area contributed by atoms with Crippen molar-refractivity contribution in [2.75, 3.05) is 0 Å². The molecule has 74 valence electrons. The van der Waals surface area contributed by atoms with Gasteiger partial charge < -0.3 is 5.73 Å². The fraction of sp³-hybridized carbons (Fsp3) is 0.571. The van der Waals surface area contributed by atoms with Crippen LogP contribution in [0.5, 0.6) is 0 Å². The number of hydrogen-bond acceptors (Lipinski definition) is 2. The molecule has 0 aliphatic rings. The molecule has 13 heavy (non-hydrogen) atoms. The molecule has 3 nitrogen and oxygen atoms in total. The van der Waals surface area contributed by atoms with E-state index in [9.17, 15) is 13.2 Å². The van der Waals surface area contributed by atoms with Gasteiger partial charge in [0, 0.05) is 18.3 Å². The molecule has 0 atom stereocenters. The highest BCUT2D eigenvalue weighted by molar-refractivity contribution is 5.14. The number of alkyl halides is 3. The number of aromatic nitrogens is 2. The van der Waals surface area contributed by atoms with Crippen molar-refractivity contribution in [2.45, 2.75) is 26.2 Å². The van der Waals surface area contributed by atoms with Crippen LogP contribution in [-0.4, -0.2) is 16.0 Å². The summed E-state index contributed by atoms with van der Waals surface area (Å²) < 4.78 is 36.5. The smallest absolute Gasteiger partial charge is 0.326 e. The maximum absolute atomic E-state index is 11.9. The molecular formula is C7H10F3N3. The fourth-order valence-corrected chi connectivity index (χ4v) is 1.02. The van der Waals surface area contributed by atoms with E-state index in [1.165, 1.54) is 6.20 Å². The molecule has 1 aromatic heterocycles. The molecule has 0 radical (unpaired) electrons. The Balaban J connectivity index is 2.80. The van der Waals surface area contributed by atoms with Crippen LogP contribution < -0.4 is 5.73 Å². The second kappa shape index (κ2) is 3.37. The number of hydrogen-bond donors (Lipinski definition) is 1. The van der Waals surface area contributed by atoms with Gasteiger partial charge in [0.1, 0.15) is 6.54 Å². The van der Waals surface area contributed by atoms with Gasteiger partial charge in [0.15, 0.2) is 0 Å². The predicted molar refractivity (Wildman–Crippen MR) is 40.9 cm³/mol. The summed E-state index contributed by atoms with van der Waals surface area (Å²) in [5.74, 6) is 0. The monoisotopic (exact) mass is 193 g/mol. The summed E-state index contributed by atoms with van der Waals surface area (Å²) in [6, 6.07) is 0. The molecule has 0 aliphatic carbocycles. The first-order valence-electron chi connectivity index (χ1n) is 3.72. The van der Waals surface area contributed by atoms with Gasteiger partial charge in [0.2, 0.25) is 0 Å². The summed E-state index contributed by atoms with van der Waals surface area (Å²) in [5.41, 5.74) is 6.48. The summed E-state index contributed by atoms with van der Waals surface area (Å²) in [4.78, 5) is 0. The van der Waals surface area contributed by atoms with Gasteiger partial charge in [0.05, 0.1) is 5.69 Å². The van der Waals surface area contributed by atoms with E-state index in [1.807, 2.05) is 0 Å². The van der Waals surface area contributed by atoms with Gasteiger partial charge in [-0.05, 0) is 6.92 Å². The maximum Gasteiger partial charge on any atom is 0.408 e. The highest BCUT2D eigenvalue weighted by Crippen LogP contribution is 2.17. The van der Waals surface area contributed by atoms with E-state index in [2.05, 4.69) is 5.10 Å². The third-order valence-electron chi connectivity index (χ3n) is 1.61. The van der Waals surface area contributed by atoms with Gasteiger partial charge in [-0.3, -0.25) is 4.68 Å². The quantitative estimate of drug-likeness (QED) is 0.767. The predicted octanol–water partition coefficient (Wildman–Crippen LogP) is 1.21. The van der Waals surface area contributed by atoms with Crippen LogP contribution in [-0.2, 0) is 13.1 Å². The minimum atomic E-state index is -4.23. The first kappa shape index (κ1) is 10.0. The lowest BCUT2D eigenvalue weighted by molar-refractivity contribution is -0.142. The second-order valence-corrected chi connectivity index (χ2v) is 2.76. The Bertz CT molecular complexity index is 290. The highest BCUT2D eigenvalue weighted by Gasteiger charge is 2.28. The van der Waals surface area contributed by atoms with Gasteiger partial charge in [0.25, 0.3) is 0 Å². The number of halogens is 3. The van der Waals surface area contributed by atoms with Crippen molar-refractivity contribution < 1.29 is 13.2 Å². The Morgan fingerprint density at radius 2 is 2.15 bits per heavy atom. The van der Waals surface area contributed by atoms with Crippen LogP contribution in [0.3, 0.4) is 0 Å². The van der Waals surface area contributed by atoms with Crippen LogP contribution in [0.4, 0.5) is 13.2 Å². The number of nitrogens with zero attached hydrogens (tertiary/aromatic N) is 2. The van der Waals surface area contributed by atoms with Gasteiger partial charge in [-0.25, -0.2) is 0 Å². The van der Waals surface area contributed by atoms with E-state index < -0.39 is 12.7 Å². The standard InChI is InChI=1S/C7H10F3N3/c1-5-6(2-11)3-13(12-5)4-7(8,9)10/h3H,2,4,11H2,1H3. The average Bonchev–Trinajstić information content (AvgIpc) is 2.26. The molecule has 6 heteroatoms. The molecule has 0 saturated carbocycles. The van der Waals surface area contributed by atoms with Crippen LogP contribution in [0, 0.1) is 6.92 Å². The number of nitrogens with two attached hydrogens (primary N) is 1. The third-order valence-corrected chi connectivity index (χ3v) is 1.61. The van der Waals surface area contributed by atoms with Crippen molar-refractivity contribution in [3.05, 3.63) is 17.5 Å². The van der Waals surface area contributed by atoms with Crippen LogP contribution in [0.25, 0.3) is 0 Å². The van der Waals surface area contributed by atoms with Crippen molar-refractivity contribution in [1.82, 2.24) is 9.78 Å². The Labute approximate surface area is 73.3 Å². The van der Waals surface area contributed by atoms with Crippen molar-refractivity contribution in [2.24, 2.45) is 5.73 Å². The zero-order valence-corrected chi connectivity index (χ0v) is 7.10. The zero-order chi connectivity index (χ0) is 10.1. The molecule has 0 aliphatic heterocycles. The van der Waals surface area contributed by atoms with Crippen molar-refractivity contribution in [3.8, 4) is 0 Å². The lowest BCUT2D eigenvalue weighted by Gasteiger charge is -2.04. The molecule has 2 N–H and O–H groups in total. The Morgan fingerprint density at radius 1 is 1.54 bits per heavy atom.